The molecule has 88 valence electrons. The smallest absolute Gasteiger partial charge is 0.220 e. The second-order valence-electron chi connectivity index (χ2n) is 3.53. The van der Waals surface area contributed by atoms with E-state index in [4.69, 9.17) is 10.5 Å². The number of nitrogens with two attached hydrogens (primary N) is 1. The van der Waals surface area contributed by atoms with Crippen LogP contribution in [0, 0.1) is 0 Å². The monoisotopic (exact) mass is 222 g/mol. The van der Waals surface area contributed by atoms with Crippen LogP contribution in [0.5, 0.6) is 5.75 Å². The van der Waals surface area contributed by atoms with E-state index in [2.05, 4.69) is 5.32 Å². The molecule has 1 amide bonds. The molecule has 0 bridgehead atoms. The van der Waals surface area contributed by atoms with E-state index in [0.29, 0.717) is 30.8 Å². The van der Waals surface area contributed by atoms with Crippen molar-refractivity contribution in [1.29, 1.82) is 0 Å². The van der Waals surface area contributed by atoms with Gasteiger partial charge in [0.1, 0.15) is 5.75 Å². The molecule has 0 aliphatic carbocycles. The van der Waals surface area contributed by atoms with Gasteiger partial charge >= 0.3 is 0 Å². The predicted octanol–water partition coefficient (Wildman–Crippen LogP) is 1.35. The number of nitrogen functional groups attached to an aromatic ring is 1. The van der Waals surface area contributed by atoms with Crippen molar-refractivity contribution in [3.05, 3.63) is 23.8 Å². The lowest BCUT2D eigenvalue weighted by Gasteiger charge is -2.07. The number of hydrogen-bond acceptors (Lipinski definition) is 3. The lowest BCUT2D eigenvalue weighted by atomic mass is 10.1. The number of anilines is 1. The summed E-state index contributed by atoms with van der Waals surface area (Å²) in [6, 6.07) is 5.59. The molecule has 0 fully saturated rings. The highest BCUT2D eigenvalue weighted by Crippen LogP contribution is 2.22. The van der Waals surface area contributed by atoms with E-state index < -0.39 is 0 Å². The molecule has 0 aliphatic rings. The zero-order valence-corrected chi connectivity index (χ0v) is 9.75. The minimum atomic E-state index is 0.0666. The highest BCUT2D eigenvalue weighted by molar-refractivity contribution is 5.76. The summed E-state index contributed by atoms with van der Waals surface area (Å²) in [6.45, 7) is 2.58. The Kier molecular flexibility index (Phi) is 4.64. The van der Waals surface area contributed by atoms with Crippen LogP contribution in [0.15, 0.2) is 18.2 Å². The average molecular weight is 222 g/mol. The minimum Gasteiger partial charge on any atom is -0.495 e. The van der Waals surface area contributed by atoms with E-state index in [1.165, 1.54) is 0 Å². The van der Waals surface area contributed by atoms with Crippen LogP contribution < -0.4 is 15.8 Å². The third kappa shape index (κ3) is 3.46. The highest BCUT2D eigenvalue weighted by atomic mass is 16.5. The van der Waals surface area contributed by atoms with Gasteiger partial charge in [-0.15, -0.1) is 0 Å². The number of amides is 1. The number of hydrogen-bond donors (Lipinski definition) is 2. The normalized spacial score (nSPS) is 9.88. The molecule has 0 radical (unpaired) electrons. The SMILES string of the molecule is CCNC(=O)CCc1ccc(OC)c(N)c1. The van der Waals surface area contributed by atoms with Crippen LogP contribution in [0.4, 0.5) is 5.69 Å². The van der Waals surface area contributed by atoms with E-state index in [1.54, 1.807) is 7.11 Å². The molecule has 4 heteroatoms. The molecule has 0 atom stereocenters. The molecule has 1 aromatic rings. The fourth-order valence-electron chi connectivity index (χ4n) is 1.48. The molecule has 0 saturated carbocycles. The van der Waals surface area contributed by atoms with Crippen molar-refractivity contribution in [2.45, 2.75) is 19.8 Å². The average Bonchev–Trinajstić information content (AvgIpc) is 2.27. The standard InChI is InChI=1S/C12H18N2O2/c1-3-14-12(15)7-5-9-4-6-11(16-2)10(13)8-9/h4,6,8H,3,5,7,13H2,1-2H3,(H,14,15). The third-order valence-electron chi connectivity index (χ3n) is 2.31. The van der Waals surface area contributed by atoms with Crippen LogP contribution in [0.1, 0.15) is 18.9 Å². The van der Waals surface area contributed by atoms with Crippen molar-refractivity contribution in [3.8, 4) is 5.75 Å². The maximum atomic E-state index is 11.3. The van der Waals surface area contributed by atoms with Gasteiger partial charge in [-0.3, -0.25) is 4.79 Å². The van der Waals surface area contributed by atoms with Crippen LogP contribution in [-0.4, -0.2) is 19.6 Å². The number of carbonyl (C=O) groups excluding carboxylic acids is 1. The molecular formula is C12H18N2O2. The Labute approximate surface area is 95.8 Å². The van der Waals surface area contributed by atoms with Crippen molar-refractivity contribution in [2.75, 3.05) is 19.4 Å². The zero-order valence-electron chi connectivity index (χ0n) is 9.75. The number of ether oxygens (including phenoxy) is 1. The lowest BCUT2D eigenvalue weighted by molar-refractivity contribution is -0.120. The van der Waals surface area contributed by atoms with E-state index in [1.807, 2.05) is 25.1 Å². The van der Waals surface area contributed by atoms with Gasteiger partial charge in [-0.1, -0.05) is 6.07 Å². The minimum absolute atomic E-state index is 0.0666. The molecule has 0 saturated heterocycles. The van der Waals surface area contributed by atoms with Crippen LogP contribution in [0.2, 0.25) is 0 Å². The van der Waals surface area contributed by atoms with Crippen molar-refractivity contribution < 1.29 is 9.53 Å². The second kappa shape index (κ2) is 6.00. The molecule has 4 nitrogen and oxygen atoms in total. The first-order valence-electron chi connectivity index (χ1n) is 5.36. The summed E-state index contributed by atoms with van der Waals surface area (Å²) in [5.74, 6) is 0.735. The summed E-state index contributed by atoms with van der Waals surface area (Å²) in [5.41, 5.74) is 7.42. The van der Waals surface area contributed by atoms with Crippen LogP contribution in [-0.2, 0) is 11.2 Å². The van der Waals surface area contributed by atoms with Crippen LogP contribution in [0.25, 0.3) is 0 Å². The van der Waals surface area contributed by atoms with Gasteiger partial charge in [0, 0.05) is 13.0 Å². The number of carbonyl (C=O) groups is 1. The fourth-order valence-corrected chi connectivity index (χ4v) is 1.48. The van der Waals surface area contributed by atoms with Gasteiger partial charge in [0.25, 0.3) is 0 Å². The molecule has 0 aromatic heterocycles. The summed E-state index contributed by atoms with van der Waals surface area (Å²) in [5, 5.41) is 2.76. The van der Waals surface area contributed by atoms with Gasteiger partial charge in [-0.05, 0) is 31.0 Å². The third-order valence-corrected chi connectivity index (χ3v) is 2.31. The van der Waals surface area contributed by atoms with Gasteiger partial charge in [0.05, 0.1) is 12.8 Å². The maximum absolute atomic E-state index is 11.3. The van der Waals surface area contributed by atoms with Gasteiger partial charge in [0.15, 0.2) is 0 Å². The Morgan fingerprint density at radius 2 is 2.25 bits per heavy atom. The molecule has 3 N–H and O–H groups in total. The fraction of sp³-hybridized carbons (Fsp3) is 0.417. The van der Waals surface area contributed by atoms with E-state index >= 15 is 0 Å². The summed E-state index contributed by atoms with van der Waals surface area (Å²) in [7, 11) is 1.58. The lowest BCUT2D eigenvalue weighted by Crippen LogP contribution is -2.22. The number of methoxy groups -OCH3 is 1. The van der Waals surface area contributed by atoms with Crippen molar-refractivity contribution >= 4 is 11.6 Å². The van der Waals surface area contributed by atoms with E-state index in [9.17, 15) is 4.79 Å². The summed E-state index contributed by atoms with van der Waals surface area (Å²) in [4.78, 5) is 11.3. The van der Waals surface area contributed by atoms with Crippen molar-refractivity contribution in [3.63, 3.8) is 0 Å². The van der Waals surface area contributed by atoms with Crippen molar-refractivity contribution in [1.82, 2.24) is 5.32 Å². The molecule has 0 spiro atoms. The Morgan fingerprint density at radius 1 is 1.50 bits per heavy atom. The van der Waals surface area contributed by atoms with Gasteiger partial charge in [0.2, 0.25) is 5.91 Å². The zero-order chi connectivity index (χ0) is 12.0. The van der Waals surface area contributed by atoms with Gasteiger partial charge in [-0.2, -0.15) is 0 Å². The van der Waals surface area contributed by atoms with Crippen LogP contribution >= 0.6 is 0 Å². The second-order valence-corrected chi connectivity index (χ2v) is 3.53. The van der Waals surface area contributed by atoms with Crippen LogP contribution in [0.3, 0.4) is 0 Å². The quantitative estimate of drug-likeness (QED) is 0.739. The molecular weight excluding hydrogens is 204 g/mol. The number of rotatable bonds is 5. The Hall–Kier alpha value is -1.71. The Balaban J connectivity index is 2.55. The first-order valence-corrected chi connectivity index (χ1v) is 5.36. The van der Waals surface area contributed by atoms with E-state index in [0.717, 1.165) is 5.56 Å². The topological polar surface area (TPSA) is 64.3 Å². The number of aryl methyl sites for hydroxylation is 1. The molecule has 0 aliphatic heterocycles. The van der Waals surface area contributed by atoms with Crippen molar-refractivity contribution in [2.24, 2.45) is 0 Å². The van der Waals surface area contributed by atoms with E-state index in [-0.39, 0.29) is 5.91 Å². The summed E-state index contributed by atoms with van der Waals surface area (Å²) < 4.78 is 5.06. The largest absolute Gasteiger partial charge is 0.495 e. The molecule has 1 rings (SSSR count). The predicted molar refractivity (Wildman–Crippen MR) is 64.4 cm³/mol. The first kappa shape index (κ1) is 12.4. The summed E-state index contributed by atoms with van der Waals surface area (Å²) in [6.07, 6.45) is 1.18. The molecule has 0 heterocycles. The Morgan fingerprint density at radius 3 is 2.81 bits per heavy atom. The Bertz CT molecular complexity index is 364. The van der Waals surface area contributed by atoms with Gasteiger partial charge < -0.3 is 15.8 Å². The highest BCUT2D eigenvalue weighted by Gasteiger charge is 2.03. The van der Waals surface area contributed by atoms with Gasteiger partial charge in [-0.25, -0.2) is 0 Å². The molecule has 0 unspecified atom stereocenters. The number of nitrogens with one attached hydrogen (secondary N) is 1. The molecule has 16 heavy (non-hydrogen) atoms. The molecule has 1 aromatic carbocycles. The maximum Gasteiger partial charge on any atom is 0.220 e. The number of benzene rings is 1. The first-order chi connectivity index (χ1) is 7.67. The summed E-state index contributed by atoms with van der Waals surface area (Å²) >= 11 is 0.